The number of benzene rings is 1. The minimum atomic E-state index is -0.871. The fourth-order valence-corrected chi connectivity index (χ4v) is 2.73. The molecule has 2 amide bonds. The Morgan fingerprint density at radius 3 is 2.52 bits per heavy atom. The number of thioether (sulfide) groups is 1. The van der Waals surface area contributed by atoms with Crippen molar-refractivity contribution in [1.82, 2.24) is 10.3 Å². The van der Waals surface area contributed by atoms with Crippen LogP contribution in [0.4, 0.5) is 19.3 Å². The molecule has 1 fully saturated rings. The zero-order valence-electron chi connectivity index (χ0n) is 12.1. The van der Waals surface area contributed by atoms with Gasteiger partial charge in [-0.2, -0.15) is 0 Å². The van der Waals surface area contributed by atoms with Crippen LogP contribution in [0, 0.1) is 11.6 Å². The molecule has 1 aromatic heterocycles. The van der Waals surface area contributed by atoms with E-state index in [1.54, 1.807) is 6.26 Å². The molecule has 0 unspecified atom stereocenters. The number of rotatable bonds is 4. The number of nitrogens with zero attached hydrogens (tertiary/aromatic N) is 1. The summed E-state index contributed by atoms with van der Waals surface area (Å²) in [5.41, 5.74) is -0.859. The van der Waals surface area contributed by atoms with Gasteiger partial charge in [-0.3, -0.25) is 0 Å². The number of ether oxygens (including phenoxy) is 1. The summed E-state index contributed by atoms with van der Waals surface area (Å²) in [6.45, 7) is 0.407. The van der Waals surface area contributed by atoms with Crippen LogP contribution in [0.25, 0.3) is 0 Å². The molecule has 23 heavy (non-hydrogen) atoms. The van der Waals surface area contributed by atoms with E-state index in [0.717, 1.165) is 23.9 Å². The third-order valence-corrected chi connectivity index (χ3v) is 4.15. The van der Waals surface area contributed by atoms with Gasteiger partial charge in [0.05, 0.1) is 24.3 Å². The van der Waals surface area contributed by atoms with Gasteiger partial charge in [-0.25, -0.2) is 18.6 Å². The number of nitrogens with one attached hydrogen (secondary N) is 2. The lowest BCUT2D eigenvalue weighted by Crippen LogP contribution is -2.60. The molecule has 2 heterocycles. The SMILES string of the molecule is CSc1c(F)cc(NC(=O)NC2(c3ncco3)COC2)cc1F. The molecular formula is C14H13F2N3O3S. The van der Waals surface area contributed by atoms with Crippen molar-refractivity contribution in [3.63, 3.8) is 0 Å². The lowest BCUT2D eigenvalue weighted by Gasteiger charge is -2.38. The molecule has 0 radical (unpaired) electrons. The lowest BCUT2D eigenvalue weighted by atomic mass is 9.97. The number of hydrogen-bond donors (Lipinski definition) is 2. The molecule has 122 valence electrons. The molecule has 1 aromatic carbocycles. The Labute approximate surface area is 134 Å². The molecular weight excluding hydrogens is 328 g/mol. The molecule has 2 aromatic rings. The molecule has 0 saturated carbocycles. The maximum Gasteiger partial charge on any atom is 0.320 e. The van der Waals surface area contributed by atoms with Crippen molar-refractivity contribution >= 4 is 23.5 Å². The molecule has 2 N–H and O–H groups in total. The molecule has 1 saturated heterocycles. The van der Waals surface area contributed by atoms with Gasteiger partial charge >= 0.3 is 6.03 Å². The standard InChI is InChI=1S/C14H13F2N3O3S/c1-23-11-9(15)4-8(5-10(11)16)18-13(20)19-14(6-21-7-14)12-17-2-3-22-12/h2-5H,6-7H2,1H3,(H2,18,19,20). The third kappa shape index (κ3) is 3.02. The summed E-state index contributed by atoms with van der Waals surface area (Å²) >= 11 is 0.955. The Balaban J connectivity index is 1.73. The van der Waals surface area contributed by atoms with E-state index in [9.17, 15) is 13.6 Å². The molecule has 9 heteroatoms. The summed E-state index contributed by atoms with van der Waals surface area (Å²) in [5.74, 6) is -1.15. The van der Waals surface area contributed by atoms with Gasteiger partial charge in [-0.05, 0) is 18.4 Å². The maximum absolute atomic E-state index is 13.7. The highest BCUT2D eigenvalue weighted by Crippen LogP contribution is 2.29. The number of anilines is 1. The minimum absolute atomic E-state index is 0.0121. The highest BCUT2D eigenvalue weighted by molar-refractivity contribution is 7.98. The molecule has 6 nitrogen and oxygen atoms in total. The summed E-state index contributed by atoms with van der Waals surface area (Å²) in [6, 6.07) is 1.48. The number of urea groups is 1. The topological polar surface area (TPSA) is 76.4 Å². The predicted octanol–water partition coefficient (Wildman–Crippen LogP) is 2.72. The summed E-state index contributed by atoms with van der Waals surface area (Å²) in [7, 11) is 0. The molecule has 1 aliphatic heterocycles. The first-order valence-electron chi connectivity index (χ1n) is 6.64. The van der Waals surface area contributed by atoms with E-state index in [2.05, 4.69) is 15.6 Å². The molecule has 3 rings (SSSR count). The zero-order chi connectivity index (χ0) is 16.4. The predicted molar refractivity (Wildman–Crippen MR) is 79.3 cm³/mol. The fraction of sp³-hybridized carbons (Fsp3) is 0.286. The van der Waals surface area contributed by atoms with E-state index >= 15 is 0 Å². The largest absolute Gasteiger partial charge is 0.446 e. The average Bonchev–Trinajstić information content (AvgIpc) is 2.97. The monoisotopic (exact) mass is 341 g/mol. The van der Waals surface area contributed by atoms with E-state index in [1.165, 1.54) is 12.5 Å². The van der Waals surface area contributed by atoms with Gasteiger partial charge in [0.2, 0.25) is 5.89 Å². The second-order valence-corrected chi connectivity index (χ2v) is 5.78. The maximum atomic E-state index is 13.7. The smallest absolute Gasteiger partial charge is 0.320 e. The summed E-state index contributed by atoms with van der Waals surface area (Å²) in [5, 5.41) is 5.06. The number of halogens is 2. The Bertz CT molecular complexity index is 697. The van der Waals surface area contributed by atoms with Gasteiger partial charge < -0.3 is 19.8 Å². The van der Waals surface area contributed by atoms with Gasteiger partial charge in [0, 0.05) is 5.69 Å². The van der Waals surface area contributed by atoms with Crippen LogP contribution in [0.3, 0.4) is 0 Å². The van der Waals surface area contributed by atoms with Gasteiger partial charge in [-0.1, -0.05) is 0 Å². The highest BCUT2D eigenvalue weighted by Gasteiger charge is 2.46. The summed E-state index contributed by atoms with van der Waals surface area (Å²) in [6.07, 6.45) is 4.42. The Hall–Kier alpha value is -2.13. The lowest BCUT2D eigenvalue weighted by molar-refractivity contribution is -0.0835. The second-order valence-electron chi connectivity index (χ2n) is 4.96. The van der Waals surface area contributed by atoms with Crippen LogP contribution in [0.1, 0.15) is 5.89 Å². The van der Waals surface area contributed by atoms with Crippen molar-refractivity contribution in [2.24, 2.45) is 0 Å². The van der Waals surface area contributed by atoms with Crippen molar-refractivity contribution in [3.8, 4) is 0 Å². The number of carbonyl (C=O) groups excluding carboxylic acids is 1. The second kappa shape index (κ2) is 6.17. The van der Waals surface area contributed by atoms with Crippen molar-refractivity contribution in [3.05, 3.63) is 42.1 Å². The Morgan fingerprint density at radius 2 is 2.04 bits per heavy atom. The van der Waals surface area contributed by atoms with Crippen molar-refractivity contribution < 1.29 is 22.7 Å². The average molecular weight is 341 g/mol. The Kier molecular flexibility index (Phi) is 4.22. The van der Waals surface area contributed by atoms with Crippen LogP contribution in [0.2, 0.25) is 0 Å². The highest BCUT2D eigenvalue weighted by atomic mass is 32.2. The van der Waals surface area contributed by atoms with Crippen molar-refractivity contribution in [2.75, 3.05) is 24.8 Å². The van der Waals surface area contributed by atoms with E-state index in [4.69, 9.17) is 9.15 Å². The summed E-state index contributed by atoms with van der Waals surface area (Å²) < 4.78 is 37.8. The number of hydrogen-bond acceptors (Lipinski definition) is 5. The first-order chi connectivity index (χ1) is 11.0. The molecule has 0 aliphatic carbocycles. The van der Waals surface area contributed by atoms with E-state index in [-0.39, 0.29) is 23.8 Å². The number of amides is 2. The van der Waals surface area contributed by atoms with Crippen LogP contribution < -0.4 is 10.6 Å². The van der Waals surface area contributed by atoms with Gasteiger partial charge in [0.15, 0.2) is 5.54 Å². The minimum Gasteiger partial charge on any atom is -0.446 e. The van der Waals surface area contributed by atoms with Crippen molar-refractivity contribution in [2.45, 2.75) is 10.4 Å². The van der Waals surface area contributed by atoms with Crippen LogP contribution in [0.15, 0.2) is 33.9 Å². The number of aromatic nitrogens is 1. The van der Waals surface area contributed by atoms with Gasteiger partial charge in [0.25, 0.3) is 0 Å². The molecule has 0 atom stereocenters. The first-order valence-corrected chi connectivity index (χ1v) is 7.86. The van der Waals surface area contributed by atoms with Crippen molar-refractivity contribution in [1.29, 1.82) is 0 Å². The number of oxazole rings is 1. The van der Waals surface area contributed by atoms with E-state index < -0.39 is 23.2 Å². The van der Waals surface area contributed by atoms with Crippen LogP contribution in [0.5, 0.6) is 0 Å². The van der Waals surface area contributed by atoms with Gasteiger partial charge in [-0.15, -0.1) is 11.8 Å². The Morgan fingerprint density at radius 1 is 1.35 bits per heavy atom. The van der Waals surface area contributed by atoms with E-state index in [1.807, 2.05) is 0 Å². The molecule has 0 spiro atoms. The quantitative estimate of drug-likeness (QED) is 0.836. The summed E-state index contributed by atoms with van der Waals surface area (Å²) in [4.78, 5) is 16.0. The molecule has 1 aliphatic rings. The van der Waals surface area contributed by atoms with Gasteiger partial charge in [0.1, 0.15) is 17.9 Å². The van der Waals surface area contributed by atoms with E-state index in [0.29, 0.717) is 5.89 Å². The molecule has 0 bridgehead atoms. The fourth-order valence-electron chi connectivity index (χ4n) is 2.22. The zero-order valence-corrected chi connectivity index (χ0v) is 12.9. The van der Waals surface area contributed by atoms with Crippen LogP contribution >= 0.6 is 11.8 Å². The third-order valence-electron chi connectivity index (χ3n) is 3.35. The van der Waals surface area contributed by atoms with Crippen LogP contribution in [-0.4, -0.2) is 30.5 Å². The first kappa shape index (κ1) is 15.8. The normalized spacial score (nSPS) is 15.8. The number of carbonyl (C=O) groups is 1. The van der Waals surface area contributed by atoms with Crippen LogP contribution in [-0.2, 0) is 10.3 Å².